The molecule has 3 aromatic rings. The normalized spacial score (nSPS) is 13.4. The summed E-state index contributed by atoms with van der Waals surface area (Å²) in [6, 6.07) is 6.62. The third-order valence-electron chi connectivity index (χ3n) is 4.92. The number of amides is 1. The molecule has 4 rings (SSSR count). The molecule has 0 atom stereocenters. The van der Waals surface area contributed by atoms with Crippen molar-refractivity contribution in [2.24, 2.45) is 5.73 Å². The fraction of sp³-hybridized carbons (Fsp3) is 0.278. The number of hydrogen-bond acceptors (Lipinski definition) is 5. The van der Waals surface area contributed by atoms with Gasteiger partial charge in [-0.1, -0.05) is 12.1 Å². The molecule has 146 valence electrons. The highest BCUT2D eigenvalue weighted by Crippen LogP contribution is 2.34. The summed E-state index contributed by atoms with van der Waals surface area (Å²) in [6.07, 6.45) is 3.12. The van der Waals surface area contributed by atoms with Crippen LogP contribution in [0.5, 0.6) is 0 Å². The van der Waals surface area contributed by atoms with Crippen molar-refractivity contribution in [2.75, 3.05) is 14.1 Å². The molecule has 0 aliphatic heterocycles. The number of nitrogens with two attached hydrogens (primary N) is 1. The number of primary amides is 1. The Bertz CT molecular complexity index is 1160. The molecule has 1 amide bonds. The largest absolute Gasteiger partial charge is 0.364 e. The molecule has 3 N–H and O–H groups in total. The minimum absolute atomic E-state index is 0.221. The van der Waals surface area contributed by atoms with E-state index in [4.69, 9.17) is 5.73 Å². The molecule has 0 spiro atoms. The van der Waals surface area contributed by atoms with E-state index in [1.807, 2.05) is 0 Å². The van der Waals surface area contributed by atoms with E-state index in [0.29, 0.717) is 13.0 Å². The van der Waals surface area contributed by atoms with E-state index in [0.717, 1.165) is 34.5 Å². The zero-order chi connectivity index (χ0) is 20.1. The van der Waals surface area contributed by atoms with Crippen molar-refractivity contribution in [3.8, 4) is 11.3 Å². The molecule has 0 saturated carbocycles. The van der Waals surface area contributed by atoms with Crippen LogP contribution in [0.25, 0.3) is 11.3 Å². The van der Waals surface area contributed by atoms with Crippen molar-refractivity contribution in [1.29, 1.82) is 0 Å². The Morgan fingerprint density at radius 2 is 1.96 bits per heavy atom. The van der Waals surface area contributed by atoms with Crippen molar-refractivity contribution in [2.45, 2.75) is 24.3 Å². The molecule has 1 aromatic carbocycles. The van der Waals surface area contributed by atoms with Gasteiger partial charge in [0, 0.05) is 30.9 Å². The molecule has 28 heavy (non-hydrogen) atoms. The van der Waals surface area contributed by atoms with Crippen molar-refractivity contribution < 1.29 is 13.2 Å². The molecule has 1 aliphatic rings. The van der Waals surface area contributed by atoms with Gasteiger partial charge in [0.25, 0.3) is 5.91 Å². The van der Waals surface area contributed by atoms with Gasteiger partial charge >= 0.3 is 0 Å². The number of aromatic amines is 1. The summed E-state index contributed by atoms with van der Waals surface area (Å²) in [5, 5.41) is 11.5. The SMILES string of the molecule is CN(C)S(=O)(=O)c1ccc(Cn2nc(C(N)=O)c3c2-c2cn[nH]c2CC3)cc1. The van der Waals surface area contributed by atoms with Gasteiger partial charge in [-0.3, -0.25) is 14.6 Å². The predicted octanol–water partition coefficient (Wildman–Crippen LogP) is 0.769. The van der Waals surface area contributed by atoms with E-state index in [1.165, 1.54) is 18.4 Å². The number of aromatic nitrogens is 4. The summed E-state index contributed by atoms with van der Waals surface area (Å²) in [6.45, 7) is 0.378. The number of hydrogen-bond donors (Lipinski definition) is 2. The van der Waals surface area contributed by atoms with Crippen LogP contribution in [0.2, 0.25) is 0 Å². The van der Waals surface area contributed by atoms with Gasteiger partial charge in [0.05, 0.1) is 23.3 Å². The lowest BCUT2D eigenvalue weighted by Crippen LogP contribution is -2.22. The molecule has 10 heteroatoms. The molecule has 0 radical (unpaired) electrons. The molecule has 0 unspecified atom stereocenters. The molecular formula is C18H20N6O3S. The second-order valence-electron chi connectivity index (χ2n) is 6.89. The van der Waals surface area contributed by atoms with Gasteiger partial charge in [-0.15, -0.1) is 0 Å². The molecule has 0 fully saturated rings. The molecule has 0 saturated heterocycles. The number of sulfonamides is 1. The summed E-state index contributed by atoms with van der Waals surface area (Å²) in [5.41, 5.74) is 10.2. The van der Waals surface area contributed by atoms with Gasteiger partial charge in [-0.05, 0) is 30.5 Å². The Balaban J connectivity index is 1.73. The van der Waals surface area contributed by atoms with Gasteiger partial charge in [0.1, 0.15) is 0 Å². The van der Waals surface area contributed by atoms with E-state index < -0.39 is 15.9 Å². The minimum atomic E-state index is -3.48. The molecule has 2 aromatic heterocycles. The number of H-pyrrole nitrogens is 1. The van der Waals surface area contributed by atoms with E-state index in [-0.39, 0.29) is 10.6 Å². The van der Waals surface area contributed by atoms with Crippen LogP contribution in [0.4, 0.5) is 0 Å². The first-order valence-electron chi connectivity index (χ1n) is 8.72. The third-order valence-corrected chi connectivity index (χ3v) is 6.75. The monoisotopic (exact) mass is 400 g/mol. The van der Waals surface area contributed by atoms with Crippen LogP contribution in [0.1, 0.15) is 27.3 Å². The highest BCUT2D eigenvalue weighted by Gasteiger charge is 2.28. The van der Waals surface area contributed by atoms with Crippen LogP contribution in [0.15, 0.2) is 35.4 Å². The van der Waals surface area contributed by atoms with Crippen LogP contribution >= 0.6 is 0 Å². The summed E-state index contributed by atoms with van der Waals surface area (Å²) in [5.74, 6) is -0.561. The Labute approximate surface area is 162 Å². The Morgan fingerprint density at radius 1 is 1.25 bits per heavy atom. The standard InChI is InChI=1S/C18H20N6O3S/c1-23(2)28(26,27)12-5-3-11(4-6-12)10-24-17-13(16(22-24)18(19)25)7-8-15-14(17)9-20-21-15/h3-6,9H,7-8,10H2,1-2H3,(H2,19,25)(H,20,21). The van der Waals surface area contributed by atoms with Gasteiger partial charge < -0.3 is 5.73 Å². The first kappa shape index (κ1) is 18.4. The zero-order valence-electron chi connectivity index (χ0n) is 15.5. The summed E-state index contributed by atoms with van der Waals surface area (Å²) in [7, 11) is -0.497. The van der Waals surface area contributed by atoms with Gasteiger partial charge in [-0.2, -0.15) is 10.2 Å². The summed E-state index contributed by atoms with van der Waals surface area (Å²) >= 11 is 0. The number of carbonyl (C=O) groups is 1. The third kappa shape index (κ3) is 2.90. The van der Waals surface area contributed by atoms with Crippen molar-refractivity contribution >= 4 is 15.9 Å². The fourth-order valence-corrected chi connectivity index (χ4v) is 4.36. The molecule has 0 bridgehead atoms. The van der Waals surface area contributed by atoms with Gasteiger partial charge in [0.2, 0.25) is 10.0 Å². The maximum Gasteiger partial charge on any atom is 0.269 e. The summed E-state index contributed by atoms with van der Waals surface area (Å²) in [4.78, 5) is 12.1. The molecule has 9 nitrogen and oxygen atoms in total. The van der Waals surface area contributed by atoms with E-state index in [1.54, 1.807) is 35.1 Å². The average Bonchev–Trinajstić information content (AvgIpc) is 3.26. The van der Waals surface area contributed by atoms with E-state index in [2.05, 4.69) is 15.3 Å². The second kappa shape index (κ2) is 6.57. The lowest BCUT2D eigenvalue weighted by Gasteiger charge is -2.15. The molecular weight excluding hydrogens is 380 g/mol. The number of rotatable bonds is 5. The highest BCUT2D eigenvalue weighted by atomic mass is 32.2. The van der Waals surface area contributed by atoms with Crippen LogP contribution in [-0.2, 0) is 29.4 Å². The smallest absolute Gasteiger partial charge is 0.269 e. The number of aryl methyl sites for hydroxylation is 1. The number of carbonyl (C=O) groups excluding carboxylic acids is 1. The van der Waals surface area contributed by atoms with Crippen LogP contribution in [0.3, 0.4) is 0 Å². The lowest BCUT2D eigenvalue weighted by molar-refractivity contribution is 0.0994. The maximum absolute atomic E-state index is 12.2. The van der Waals surface area contributed by atoms with E-state index >= 15 is 0 Å². The van der Waals surface area contributed by atoms with Crippen LogP contribution in [0, 0.1) is 0 Å². The van der Waals surface area contributed by atoms with Crippen molar-refractivity contribution in [1.82, 2.24) is 24.3 Å². The van der Waals surface area contributed by atoms with Crippen LogP contribution in [-0.4, -0.2) is 52.7 Å². The fourth-order valence-electron chi connectivity index (χ4n) is 3.46. The Morgan fingerprint density at radius 3 is 2.61 bits per heavy atom. The van der Waals surface area contributed by atoms with E-state index in [9.17, 15) is 13.2 Å². The number of nitrogens with zero attached hydrogens (tertiary/aromatic N) is 4. The average molecular weight is 400 g/mol. The van der Waals surface area contributed by atoms with Gasteiger partial charge in [-0.25, -0.2) is 12.7 Å². The van der Waals surface area contributed by atoms with Crippen LogP contribution < -0.4 is 5.73 Å². The maximum atomic E-state index is 12.2. The Hall–Kier alpha value is -2.98. The second-order valence-corrected chi connectivity index (χ2v) is 9.04. The number of benzene rings is 1. The number of nitrogens with one attached hydrogen (secondary N) is 1. The zero-order valence-corrected chi connectivity index (χ0v) is 16.3. The number of fused-ring (bicyclic) bond motifs is 3. The highest BCUT2D eigenvalue weighted by molar-refractivity contribution is 7.89. The first-order valence-corrected chi connectivity index (χ1v) is 10.2. The molecule has 2 heterocycles. The lowest BCUT2D eigenvalue weighted by atomic mass is 9.93. The molecule has 1 aliphatic carbocycles. The van der Waals surface area contributed by atoms with Gasteiger partial charge in [0.15, 0.2) is 5.69 Å². The summed E-state index contributed by atoms with van der Waals surface area (Å²) < 4.78 is 27.4. The van der Waals surface area contributed by atoms with Crippen molar-refractivity contribution in [3.05, 3.63) is 53.0 Å². The first-order chi connectivity index (χ1) is 13.3. The predicted molar refractivity (Wildman–Crippen MR) is 102 cm³/mol. The van der Waals surface area contributed by atoms with Crippen molar-refractivity contribution in [3.63, 3.8) is 0 Å². The Kier molecular flexibility index (Phi) is 4.31. The quantitative estimate of drug-likeness (QED) is 0.654. The topological polar surface area (TPSA) is 127 Å². The minimum Gasteiger partial charge on any atom is -0.364 e.